The number of unbranched alkanes of at least 4 members (excludes halogenated alkanes) is 4. The molecule has 0 heterocycles. The van der Waals surface area contributed by atoms with Gasteiger partial charge in [-0.15, -0.1) is 0 Å². The van der Waals surface area contributed by atoms with Crippen molar-refractivity contribution in [3.8, 4) is 0 Å². The molecule has 2 aliphatic carbocycles. The van der Waals surface area contributed by atoms with Crippen molar-refractivity contribution in [1.29, 1.82) is 0 Å². The third-order valence-electron chi connectivity index (χ3n) is 6.93. The average molecular weight is 337 g/mol. The van der Waals surface area contributed by atoms with Crippen molar-refractivity contribution in [2.24, 2.45) is 23.7 Å². The summed E-state index contributed by atoms with van der Waals surface area (Å²) in [6.45, 7) is 2.29. The van der Waals surface area contributed by atoms with E-state index in [1.54, 1.807) is 0 Å². The van der Waals surface area contributed by atoms with Gasteiger partial charge in [0.1, 0.15) is 0 Å². The van der Waals surface area contributed by atoms with Crippen LogP contribution in [-0.2, 0) is 4.79 Å². The van der Waals surface area contributed by atoms with Crippen molar-refractivity contribution >= 4 is 5.97 Å². The zero-order valence-corrected chi connectivity index (χ0v) is 16.0. The van der Waals surface area contributed by atoms with E-state index < -0.39 is 5.97 Å². The van der Waals surface area contributed by atoms with Crippen molar-refractivity contribution in [2.75, 3.05) is 0 Å². The van der Waals surface area contributed by atoms with Crippen LogP contribution in [0.5, 0.6) is 0 Å². The minimum atomic E-state index is -0.620. The number of carbonyl (C=O) groups is 1. The highest BCUT2D eigenvalue weighted by molar-refractivity contribution is 5.66. The molecule has 2 fully saturated rings. The Hall–Kier alpha value is -0.530. The molecule has 0 saturated heterocycles. The Balaban J connectivity index is 1.55. The van der Waals surface area contributed by atoms with Gasteiger partial charge in [-0.2, -0.15) is 0 Å². The molecule has 2 aliphatic rings. The first kappa shape index (κ1) is 19.8. The molecule has 1 N–H and O–H groups in total. The Kier molecular flexibility index (Phi) is 9.20. The molecule has 0 radical (unpaired) electrons. The highest BCUT2D eigenvalue weighted by Gasteiger charge is 2.30. The van der Waals surface area contributed by atoms with Gasteiger partial charge < -0.3 is 5.11 Å². The molecule has 0 unspecified atom stereocenters. The fourth-order valence-electron chi connectivity index (χ4n) is 5.26. The summed E-state index contributed by atoms with van der Waals surface area (Å²) in [5.41, 5.74) is 0. The number of carboxylic acids is 1. The van der Waals surface area contributed by atoms with Gasteiger partial charge in [-0.25, -0.2) is 0 Å². The van der Waals surface area contributed by atoms with Gasteiger partial charge in [0.05, 0.1) is 0 Å². The second-order valence-corrected chi connectivity index (χ2v) is 8.70. The summed E-state index contributed by atoms with van der Waals surface area (Å²) in [5, 5.41) is 8.83. The Morgan fingerprint density at radius 2 is 1.25 bits per heavy atom. The van der Waals surface area contributed by atoms with E-state index in [1.165, 1.54) is 89.9 Å². The Labute approximate surface area is 149 Å². The molecule has 140 valence electrons. The zero-order valence-electron chi connectivity index (χ0n) is 16.0. The maximum atomic E-state index is 10.7. The lowest BCUT2D eigenvalue weighted by molar-refractivity contribution is -0.137. The van der Waals surface area contributed by atoms with Crippen LogP contribution in [0, 0.1) is 23.7 Å². The first-order chi connectivity index (χ1) is 11.7. The quantitative estimate of drug-likeness (QED) is 0.444. The lowest BCUT2D eigenvalue weighted by atomic mass is 9.68. The molecule has 0 amide bonds. The van der Waals surface area contributed by atoms with Gasteiger partial charge in [-0.05, 0) is 55.8 Å². The largest absolute Gasteiger partial charge is 0.481 e. The minimum Gasteiger partial charge on any atom is -0.481 e. The monoisotopic (exact) mass is 336 g/mol. The number of rotatable bonds is 10. The van der Waals surface area contributed by atoms with Crippen molar-refractivity contribution in [3.05, 3.63) is 0 Å². The normalized spacial score (nSPS) is 31.0. The molecule has 0 atom stereocenters. The summed E-state index contributed by atoms with van der Waals surface area (Å²) in [6, 6.07) is 0. The highest BCUT2D eigenvalue weighted by atomic mass is 16.4. The van der Waals surface area contributed by atoms with E-state index in [4.69, 9.17) is 5.11 Å². The van der Waals surface area contributed by atoms with E-state index in [-0.39, 0.29) is 0 Å². The van der Waals surface area contributed by atoms with E-state index >= 15 is 0 Å². The van der Waals surface area contributed by atoms with Crippen LogP contribution in [0.1, 0.15) is 110 Å². The molecule has 0 spiro atoms. The van der Waals surface area contributed by atoms with Crippen molar-refractivity contribution in [1.82, 2.24) is 0 Å². The molecule has 2 rings (SSSR count). The topological polar surface area (TPSA) is 37.3 Å². The molecule has 24 heavy (non-hydrogen) atoms. The van der Waals surface area contributed by atoms with Crippen LogP contribution in [0.2, 0.25) is 0 Å². The summed E-state index contributed by atoms with van der Waals surface area (Å²) in [7, 11) is 0. The minimum absolute atomic E-state index is 0.374. The number of hydrogen-bond acceptors (Lipinski definition) is 1. The first-order valence-corrected chi connectivity index (χ1v) is 10.9. The maximum absolute atomic E-state index is 10.7. The zero-order chi connectivity index (χ0) is 17.2. The lowest BCUT2D eigenvalue weighted by Crippen LogP contribution is -2.26. The molecular formula is C22H40O2. The van der Waals surface area contributed by atoms with Crippen LogP contribution in [-0.4, -0.2) is 11.1 Å². The van der Waals surface area contributed by atoms with Gasteiger partial charge in [0.15, 0.2) is 0 Å². The molecular weight excluding hydrogens is 296 g/mol. The van der Waals surface area contributed by atoms with Gasteiger partial charge in [-0.3, -0.25) is 4.79 Å². The summed E-state index contributed by atoms with van der Waals surface area (Å²) in [5.74, 6) is 3.04. The Morgan fingerprint density at radius 3 is 1.75 bits per heavy atom. The molecule has 2 heteroatoms. The van der Waals surface area contributed by atoms with Gasteiger partial charge in [-0.1, -0.05) is 71.1 Å². The predicted molar refractivity (Wildman–Crippen MR) is 101 cm³/mol. The molecule has 2 saturated carbocycles. The average Bonchev–Trinajstić information content (AvgIpc) is 2.61. The Bertz CT molecular complexity index is 336. The van der Waals surface area contributed by atoms with Crippen molar-refractivity contribution in [2.45, 2.75) is 110 Å². The van der Waals surface area contributed by atoms with E-state index in [1.807, 2.05) is 0 Å². The van der Waals surface area contributed by atoms with Crippen molar-refractivity contribution in [3.63, 3.8) is 0 Å². The fraction of sp³-hybridized carbons (Fsp3) is 0.955. The van der Waals surface area contributed by atoms with Gasteiger partial charge >= 0.3 is 5.97 Å². The number of aliphatic carboxylic acids is 1. The molecule has 0 aromatic heterocycles. The van der Waals surface area contributed by atoms with Crippen LogP contribution in [0.3, 0.4) is 0 Å². The summed E-state index contributed by atoms with van der Waals surface area (Å²) >= 11 is 0. The highest BCUT2D eigenvalue weighted by Crippen LogP contribution is 2.43. The van der Waals surface area contributed by atoms with Crippen LogP contribution in [0.25, 0.3) is 0 Å². The van der Waals surface area contributed by atoms with Crippen LogP contribution in [0.4, 0.5) is 0 Å². The third-order valence-corrected chi connectivity index (χ3v) is 6.93. The molecule has 2 nitrogen and oxygen atoms in total. The van der Waals surface area contributed by atoms with E-state index in [0.717, 1.165) is 24.2 Å². The van der Waals surface area contributed by atoms with E-state index in [2.05, 4.69) is 6.92 Å². The summed E-state index contributed by atoms with van der Waals surface area (Å²) in [6.07, 6.45) is 21.1. The first-order valence-electron chi connectivity index (χ1n) is 10.9. The molecule has 0 aliphatic heterocycles. The maximum Gasteiger partial charge on any atom is 0.303 e. The number of hydrogen-bond donors (Lipinski definition) is 1. The van der Waals surface area contributed by atoms with Gasteiger partial charge in [0.25, 0.3) is 0 Å². The third kappa shape index (κ3) is 7.15. The standard InChI is InChI=1S/C22H40O2/c1-2-3-4-5-6-7-18-8-13-20(14-9-18)21-15-10-19(11-16-21)12-17-22(23)24/h18-21H,2-17H2,1H3,(H,23,24)/t18-,19-,20-,21-. The Morgan fingerprint density at radius 1 is 0.750 bits per heavy atom. The molecule has 0 bridgehead atoms. The van der Waals surface area contributed by atoms with E-state index in [9.17, 15) is 4.79 Å². The summed E-state index contributed by atoms with van der Waals surface area (Å²) in [4.78, 5) is 10.7. The van der Waals surface area contributed by atoms with Gasteiger partial charge in [0, 0.05) is 6.42 Å². The second kappa shape index (κ2) is 11.2. The lowest BCUT2D eigenvalue weighted by Gasteiger charge is -2.38. The summed E-state index contributed by atoms with van der Waals surface area (Å²) < 4.78 is 0. The fourth-order valence-corrected chi connectivity index (χ4v) is 5.26. The predicted octanol–water partition coefficient (Wildman–Crippen LogP) is 6.82. The smallest absolute Gasteiger partial charge is 0.303 e. The van der Waals surface area contributed by atoms with E-state index in [0.29, 0.717) is 12.3 Å². The molecule has 0 aromatic carbocycles. The van der Waals surface area contributed by atoms with Crippen LogP contribution >= 0.6 is 0 Å². The molecule has 0 aromatic rings. The number of carboxylic acid groups (broad SMARTS) is 1. The SMILES string of the molecule is CCCCCCC[C@H]1CC[C@H]([C@H]2CC[C@H](CCC(=O)O)CC2)CC1. The van der Waals surface area contributed by atoms with Crippen LogP contribution < -0.4 is 0 Å². The second-order valence-electron chi connectivity index (χ2n) is 8.70. The van der Waals surface area contributed by atoms with Crippen LogP contribution in [0.15, 0.2) is 0 Å². The van der Waals surface area contributed by atoms with Gasteiger partial charge in [0.2, 0.25) is 0 Å². The van der Waals surface area contributed by atoms with Crippen molar-refractivity contribution < 1.29 is 9.90 Å².